The van der Waals surface area contributed by atoms with Crippen LogP contribution in [0.4, 0.5) is 0 Å². The molecule has 2 amide bonds. The molecule has 0 radical (unpaired) electrons. The lowest BCUT2D eigenvalue weighted by Gasteiger charge is -2.37. The Morgan fingerprint density at radius 3 is 2.29 bits per heavy atom. The molecule has 3 unspecified atom stereocenters. The van der Waals surface area contributed by atoms with E-state index < -0.39 is 24.1 Å². The van der Waals surface area contributed by atoms with Gasteiger partial charge in [0.05, 0.1) is 18.1 Å². The highest BCUT2D eigenvalue weighted by atomic mass is 16.3. The van der Waals surface area contributed by atoms with Gasteiger partial charge >= 0.3 is 0 Å². The zero-order chi connectivity index (χ0) is 23.0. The summed E-state index contributed by atoms with van der Waals surface area (Å²) in [4.78, 5) is 38.2. The Kier molecular flexibility index (Phi) is 10.4. The SMILES string of the molecule is CC(C)C(=O)[C@H](CCN)NC(=O)[C@@H](NC(=O)C1CNCC(C2CCCCC2)C1)C(C)O. The fourth-order valence-corrected chi connectivity index (χ4v) is 4.93. The Balaban J connectivity index is 1.98. The maximum Gasteiger partial charge on any atom is 0.245 e. The molecular formula is C23H42N4O4. The highest BCUT2D eigenvalue weighted by Crippen LogP contribution is 2.34. The van der Waals surface area contributed by atoms with Crippen molar-refractivity contribution in [2.75, 3.05) is 19.6 Å². The predicted molar refractivity (Wildman–Crippen MR) is 120 cm³/mol. The van der Waals surface area contributed by atoms with E-state index in [1.165, 1.54) is 39.0 Å². The highest BCUT2D eigenvalue weighted by molar-refractivity contribution is 5.94. The average molecular weight is 439 g/mol. The van der Waals surface area contributed by atoms with Crippen molar-refractivity contribution >= 4 is 17.6 Å². The lowest BCUT2D eigenvalue weighted by molar-refractivity contribution is -0.136. The fourth-order valence-electron chi connectivity index (χ4n) is 4.93. The Bertz CT molecular complexity index is 604. The van der Waals surface area contributed by atoms with Crippen LogP contribution in [0.3, 0.4) is 0 Å². The van der Waals surface area contributed by atoms with E-state index in [2.05, 4.69) is 16.0 Å². The Morgan fingerprint density at radius 2 is 1.71 bits per heavy atom. The van der Waals surface area contributed by atoms with Crippen molar-refractivity contribution in [1.82, 2.24) is 16.0 Å². The van der Waals surface area contributed by atoms with Gasteiger partial charge in [0.25, 0.3) is 0 Å². The average Bonchev–Trinajstić information content (AvgIpc) is 2.76. The number of amides is 2. The number of nitrogens with two attached hydrogens (primary N) is 1. The van der Waals surface area contributed by atoms with Crippen LogP contribution in [0, 0.1) is 23.7 Å². The number of aliphatic hydroxyl groups is 1. The summed E-state index contributed by atoms with van der Waals surface area (Å²) >= 11 is 0. The number of carbonyl (C=O) groups excluding carboxylic acids is 3. The van der Waals surface area contributed by atoms with Gasteiger partial charge < -0.3 is 26.8 Å². The van der Waals surface area contributed by atoms with Crippen LogP contribution in [0.1, 0.15) is 65.7 Å². The Morgan fingerprint density at radius 1 is 1.03 bits per heavy atom. The van der Waals surface area contributed by atoms with E-state index in [1.54, 1.807) is 13.8 Å². The molecule has 0 spiro atoms. The molecule has 31 heavy (non-hydrogen) atoms. The van der Waals surface area contributed by atoms with Crippen molar-refractivity contribution in [2.45, 2.75) is 83.9 Å². The van der Waals surface area contributed by atoms with E-state index in [4.69, 9.17) is 5.73 Å². The van der Waals surface area contributed by atoms with Crippen LogP contribution in [0.15, 0.2) is 0 Å². The van der Waals surface area contributed by atoms with Crippen LogP contribution in [0.2, 0.25) is 0 Å². The third-order valence-electron chi connectivity index (χ3n) is 6.82. The topological polar surface area (TPSA) is 134 Å². The van der Waals surface area contributed by atoms with Gasteiger partial charge in [-0.05, 0) is 44.7 Å². The van der Waals surface area contributed by atoms with Crippen LogP contribution in [-0.4, -0.2) is 60.5 Å². The molecule has 0 aromatic rings. The third kappa shape index (κ3) is 7.54. The molecule has 2 fully saturated rings. The van der Waals surface area contributed by atoms with E-state index in [-0.39, 0.29) is 30.1 Å². The minimum Gasteiger partial charge on any atom is -0.391 e. The first-order valence-corrected chi connectivity index (χ1v) is 12.0. The summed E-state index contributed by atoms with van der Waals surface area (Å²) < 4.78 is 0. The molecule has 8 nitrogen and oxygen atoms in total. The lowest BCUT2D eigenvalue weighted by Crippen LogP contribution is -2.58. The molecule has 0 aromatic carbocycles. The maximum absolute atomic E-state index is 13.0. The molecule has 0 aromatic heterocycles. The fraction of sp³-hybridized carbons (Fsp3) is 0.870. The molecular weight excluding hydrogens is 396 g/mol. The summed E-state index contributed by atoms with van der Waals surface area (Å²) in [6, 6.07) is -1.83. The Hall–Kier alpha value is -1.51. The number of rotatable bonds is 10. The number of hydrogen-bond acceptors (Lipinski definition) is 6. The van der Waals surface area contributed by atoms with Crippen molar-refractivity contribution < 1.29 is 19.5 Å². The van der Waals surface area contributed by atoms with Gasteiger partial charge in [-0.1, -0.05) is 46.0 Å². The van der Waals surface area contributed by atoms with Crippen LogP contribution in [-0.2, 0) is 14.4 Å². The van der Waals surface area contributed by atoms with Crippen molar-refractivity contribution in [1.29, 1.82) is 0 Å². The summed E-state index contributed by atoms with van der Waals surface area (Å²) in [7, 11) is 0. The second-order valence-electron chi connectivity index (χ2n) is 9.67. The maximum atomic E-state index is 13.0. The molecule has 0 bridgehead atoms. The summed E-state index contributed by atoms with van der Waals surface area (Å²) in [5, 5.41) is 19.0. The van der Waals surface area contributed by atoms with Crippen LogP contribution >= 0.6 is 0 Å². The first kappa shape index (κ1) is 25.7. The number of Topliss-reactive ketones (excluding diaryl/α,β-unsaturated/α-hetero) is 1. The zero-order valence-corrected chi connectivity index (χ0v) is 19.4. The smallest absolute Gasteiger partial charge is 0.245 e. The number of piperidine rings is 1. The quantitative estimate of drug-likeness (QED) is 0.341. The van der Waals surface area contributed by atoms with Crippen molar-refractivity contribution in [3.05, 3.63) is 0 Å². The molecule has 1 aliphatic heterocycles. The van der Waals surface area contributed by atoms with E-state index in [0.717, 1.165) is 13.0 Å². The van der Waals surface area contributed by atoms with Gasteiger partial charge in [0.2, 0.25) is 11.8 Å². The number of ketones is 1. The van der Waals surface area contributed by atoms with Gasteiger partial charge in [-0.15, -0.1) is 0 Å². The number of nitrogens with one attached hydrogen (secondary N) is 3. The standard InChI is InChI=1S/C23H42N4O4/c1-14(2)21(29)19(9-10-24)26-23(31)20(15(3)28)27-22(30)18-11-17(12-25-13-18)16-7-5-4-6-8-16/h14-20,25,28H,4-13,24H2,1-3H3,(H,26,31)(H,27,30)/t15?,17?,18?,19-,20-/m0/s1. The number of aliphatic hydroxyl groups excluding tert-OH is 1. The highest BCUT2D eigenvalue weighted by Gasteiger charge is 2.35. The zero-order valence-electron chi connectivity index (χ0n) is 19.4. The molecule has 178 valence electrons. The summed E-state index contributed by atoms with van der Waals surface area (Å²) in [5.74, 6) is -0.231. The molecule has 2 aliphatic rings. The van der Waals surface area contributed by atoms with E-state index in [9.17, 15) is 19.5 Å². The van der Waals surface area contributed by atoms with Gasteiger partial charge in [0, 0.05) is 12.5 Å². The third-order valence-corrected chi connectivity index (χ3v) is 6.82. The first-order valence-electron chi connectivity index (χ1n) is 12.0. The molecule has 2 rings (SSSR count). The largest absolute Gasteiger partial charge is 0.391 e. The first-order chi connectivity index (χ1) is 14.7. The van der Waals surface area contributed by atoms with E-state index >= 15 is 0 Å². The van der Waals surface area contributed by atoms with Crippen LogP contribution in [0.5, 0.6) is 0 Å². The van der Waals surface area contributed by atoms with Gasteiger partial charge in [-0.25, -0.2) is 0 Å². The second-order valence-corrected chi connectivity index (χ2v) is 9.67. The van der Waals surface area contributed by atoms with Crippen LogP contribution in [0.25, 0.3) is 0 Å². The minimum atomic E-state index is -1.11. The van der Waals surface area contributed by atoms with Crippen LogP contribution < -0.4 is 21.7 Å². The lowest BCUT2D eigenvalue weighted by atomic mass is 9.74. The molecule has 8 heteroatoms. The molecule has 1 heterocycles. The molecule has 6 N–H and O–H groups in total. The van der Waals surface area contributed by atoms with Crippen molar-refractivity contribution in [3.8, 4) is 0 Å². The molecule has 1 saturated carbocycles. The second kappa shape index (κ2) is 12.5. The monoisotopic (exact) mass is 438 g/mol. The minimum absolute atomic E-state index is 0.110. The van der Waals surface area contributed by atoms with Gasteiger partial charge in [0.15, 0.2) is 5.78 Å². The molecule has 1 aliphatic carbocycles. The van der Waals surface area contributed by atoms with E-state index in [1.807, 2.05) is 0 Å². The molecule has 1 saturated heterocycles. The summed E-state index contributed by atoms with van der Waals surface area (Å²) in [5.41, 5.74) is 5.60. The van der Waals surface area contributed by atoms with E-state index in [0.29, 0.717) is 24.8 Å². The predicted octanol–water partition coefficient (Wildman–Crippen LogP) is 0.717. The number of hydrogen-bond donors (Lipinski definition) is 5. The van der Waals surface area contributed by atoms with Gasteiger partial charge in [0.1, 0.15) is 6.04 Å². The summed E-state index contributed by atoms with van der Waals surface area (Å²) in [6.07, 6.45) is 6.33. The van der Waals surface area contributed by atoms with Gasteiger partial charge in [-0.3, -0.25) is 14.4 Å². The Labute approximate surface area is 186 Å². The number of carbonyl (C=O) groups is 3. The van der Waals surface area contributed by atoms with Crippen molar-refractivity contribution in [3.63, 3.8) is 0 Å². The van der Waals surface area contributed by atoms with Gasteiger partial charge in [-0.2, -0.15) is 0 Å². The van der Waals surface area contributed by atoms with Crippen molar-refractivity contribution in [2.24, 2.45) is 29.4 Å². The molecule has 5 atom stereocenters. The normalized spacial score (nSPS) is 25.5. The summed E-state index contributed by atoms with van der Waals surface area (Å²) in [6.45, 7) is 6.77.